The minimum Gasteiger partial charge on any atom is -0.342 e. The summed E-state index contributed by atoms with van der Waals surface area (Å²) in [5.74, 6) is 1.78. The molecular formula is C17H24N2. The van der Waals surface area contributed by atoms with Gasteiger partial charge < -0.3 is 4.98 Å². The molecule has 1 N–H and O–H groups in total. The Morgan fingerprint density at radius 2 is 1.89 bits per heavy atom. The molecule has 2 aromatic rings. The van der Waals surface area contributed by atoms with Gasteiger partial charge in [0.05, 0.1) is 11.0 Å². The molecule has 0 saturated heterocycles. The van der Waals surface area contributed by atoms with Crippen LogP contribution in [0, 0.1) is 19.3 Å². The number of hydrogen-bond donors (Lipinski definition) is 1. The molecule has 1 atom stereocenters. The summed E-state index contributed by atoms with van der Waals surface area (Å²) in [4.78, 5) is 8.46. The van der Waals surface area contributed by atoms with Crippen LogP contribution in [-0.4, -0.2) is 9.97 Å². The lowest BCUT2D eigenvalue weighted by atomic mass is 9.68. The van der Waals surface area contributed by atoms with Gasteiger partial charge in [-0.3, -0.25) is 0 Å². The van der Waals surface area contributed by atoms with Crippen LogP contribution < -0.4 is 0 Å². The number of hydrogen-bond acceptors (Lipinski definition) is 1. The van der Waals surface area contributed by atoms with Gasteiger partial charge in [0.15, 0.2) is 0 Å². The van der Waals surface area contributed by atoms with Crippen molar-refractivity contribution in [2.24, 2.45) is 5.41 Å². The highest BCUT2D eigenvalue weighted by molar-refractivity contribution is 5.77. The smallest absolute Gasteiger partial charge is 0.110 e. The molecule has 1 aromatic heterocycles. The maximum atomic E-state index is 4.88. The Labute approximate surface area is 115 Å². The predicted molar refractivity (Wildman–Crippen MR) is 80.6 cm³/mol. The van der Waals surface area contributed by atoms with Gasteiger partial charge >= 0.3 is 0 Å². The van der Waals surface area contributed by atoms with Gasteiger partial charge in [0, 0.05) is 5.92 Å². The fraction of sp³-hybridized carbons (Fsp3) is 0.588. The first-order valence-corrected chi connectivity index (χ1v) is 7.44. The van der Waals surface area contributed by atoms with E-state index in [2.05, 4.69) is 44.8 Å². The number of aromatic nitrogens is 2. The van der Waals surface area contributed by atoms with Crippen LogP contribution in [0.25, 0.3) is 11.0 Å². The minimum absolute atomic E-state index is 0.371. The molecule has 2 heteroatoms. The Hall–Kier alpha value is -1.31. The average Bonchev–Trinajstić information content (AvgIpc) is 2.71. The molecule has 0 amide bonds. The molecule has 102 valence electrons. The van der Waals surface area contributed by atoms with Crippen molar-refractivity contribution >= 4 is 11.0 Å². The van der Waals surface area contributed by atoms with Crippen LogP contribution in [0.2, 0.25) is 0 Å². The Balaban J connectivity index is 2.05. The van der Waals surface area contributed by atoms with Crippen molar-refractivity contribution in [2.75, 3.05) is 0 Å². The zero-order valence-electron chi connectivity index (χ0n) is 12.5. The van der Waals surface area contributed by atoms with Gasteiger partial charge in [0.1, 0.15) is 5.82 Å². The summed E-state index contributed by atoms with van der Waals surface area (Å²) in [6.45, 7) is 9.11. The van der Waals surface area contributed by atoms with E-state index in [0.717, 1.165) is 5.52 Å². The van der Waals surface area contributed by atoms with Crippen LogP contribution in [0.4, 0.5) is 0 Å². The van der Waals surface area contributed by atoms with E-state index in [9.17, 15) is 0 Å². The average molecular weight is 256 g/mol. The van der Waals surface area contributed by atoms with Gasteiger partial charge in [-0.1, -0.05) is 26.7 Å². The van der Waals surface area contributed by atoms with Crippen molar-refractivity contribution in [2.45, 2.75) is 59.3 Å². The lowest BCUT2D eigenvalue weighted by Gasteiger charge is -2.37. The second-order valence-electron chi connectivity index (χ2n) is 6.86. The van der Waals surface area contributed by atoms with Crippen LogP contribution in [0.3, 0.4) is 0 Å². The molecule has 2 nitrogen and oxygen atoms in total. The van der Waals surface area contributed by atoms with E-state index in [-0.39, 0.29) is 0 Å². The molecule has 1 saturated carbocycles. The van der Waals surface area contributed by atoms with E-state index in [4.69, 9.17) is 4.98 Å². The Kier molecular flexibility index (Phi) is 2.92. The zero-order valence-corrected chi connectivity index (χ0v) is 12.5. The highest BCUT2D eigenvalue weighted by atomic mass is 14.9. The predicted octanol–water partition coefficient (Wildman–Crippen LogP) is 4.86. The Morgan fingerprint density at radius 1 is 1.16 bits per heavy atom. The summed E-state index contributed by atoms with van der Waals surface area (Å²) in [6.07, 6.45) is 5.28. The second kappa shape index (κ2) is 4.36. The normalized spacial score (nSPS) is 22.8. The van der Waals surface area contributed by atoms with E-state index in [1.165, 1.54) is 48.2 Å². The second-order valence-corrected chi connectivity index (χ2v) is 6.86. The van der Waals surface area contributed by atoms with E-state index >= 15 is 0 Å². The molecular weight excluding hydrogens is 232 g/mol. The Bertz CT molecular complexity index is 568. The third-order valence-corrected chi connectivity index (χ3v) is 4.95. The summed E-state index contributed by atoms with van der Waals surface area (Å²) < 4.78 is 0. The quantitative estimate of drug-likeness (QED) is 0.775. The number of aryl methyl sites for hydroxylation is 2. The molecule has 3 rings (SSSR count). The van der Waals surface area contributed by atoms with E-state index in [1.807, 2.05) is 0 Å². The number of benzene rings is 1. The highest BCUT2D eigenvalue weighted by Crippen LogP contribution is 2.46. The minimum atomic E-state index is 0.371. The lowest BCUT2D eigenvalue weighted by Crippen LogP contribution is -2.26. The molecule has 1 heterocycles. The van der Waals surface area contributed by atoms with Crippen molar-refractivity contribution < 1.29 is 0 Å². The van der Waals surface area contributed by atoms with Gasteiger partial charge in [-0.15, -0.1) is 0 Å². The van der Waals surface area contributed by atoms with E-state index in [1.54, 1.807) is 0 Å². The van der Waals surface area contributed by atoms with Crippen molar-refractivity contribution in [3.63, 3.8) is 0 Å². The van der Waals surface area contributed by atoms with Crippen molar-refractivity contribution in [1.82, 2.24) is 9.97 Å². The molecule has 1 fully saturated rings. The summed E-state index contributed by atoms with van der Waals surface area (Å²) in [5.41, 5.74) is 5.36. The maximum absolute atomic E-state index is 4.88. The number of nitrogens with zero attached hydrogens (tertiary/aromatic N) is 1. The van der Waals surface area contributed by atoms with E-state index in [0.29, 0.717) is 11.3 Å². The molecule has 1 aliphatic carbocycles. The van der Waals surface area contributed by atoms with Crippen LogP contribution >= 0.6 is 0 Å². The van der Waals surface area contributed by atoms with Gasteiger partial charge in [0.25, 0.3) is 0 Å². The number of imidazole rings is 1. The SMILES string of the molecule is Cc1cc2nc(C3CCCCC3(C)C)[nH]c2cc1C. The molecule has 19 heavy (non-hydrogen) atoms. The van der Waals surface area contributed by atoms with Gasteiger partial charge in [-0.05, 0) is 55.4 Å². The summed E-state index contributed by atoms with van der Waals surface area (Å²) in [6, 6.07) is 4.44. The highest BCUT2D eigenvalue weighted by Gasteiger charge is 2.35. The molecule has 0 bridgehead atoms. The number of aromatic amines is 1. The van der Waals surface area contributed by atoms with Crippen LogP contribution in [0.15, 0.2) is 12.1 Å². The standard InChI is InChI=1S/C17H24N2/c1-11-9-14-15(10-12(11)2)19-16(18-14)13-7-5-6-8-17(13,3)4/h9-10,13H,5-8H2,1-4H3,(H,18,19). The van der Waals surface area contributed by atoms with Crippen LogP contribution in [-0.2, 0) is 0 Å². The molecule has 0 aliphatic heterocycles. The summed E-state index contributed by atoms with van der Waals surface area (Å²) >= 11 is 0. The Morgan fingerprint density at radius 3 is 2.63 bits per heavy atom. The number of H-pyrrole nitrogens is 1. The van der Waals surface area contributed by atoms with Crippen LogP contribution in [0.1, 0.15) is 62.4 Å². The zero-order chi connectivity index (χ0) is 13.6. The summed E-state index contributed by atoms with van der Waals surface area (Å²) in [7, 11) is 0. The molecule has 0 radical (unpaired) electrons. The molecule has 1 unspecified atom stereocenters. The van der Waals surface area contributed by atoms with Crippen LogP contribution in [0.5, 0.6) is 0 Å². The number of fused-ring (bicyclic) bond motifs is 1. The first kappa shape index (κ1) is 12.7. The largest absolute Gasteiger partial charge is 0.342 e. The van der Waals surface area contributed by atoms with Gasteiger partial charge in [-0.25, -0.2) is 4.98 Å². The third kappa shape index (κ3) is 2.18. The van der Waals surface area contributed by atoms with Crippen molar-refractivity contribution in [3.8, 4) is 0 Å². The first-order valence-electron chi connectivity index (χ1n) is 7.44. The molecule has 1 aliphatic rings. The fourth-order valence-corrected chi connectivity index (χ4v) is 3.46. The summed E-state index contributed by atoms with van der Waals surface area (Å²) in [5, 5.41) is 0. The van der Waals surface area contributed by atoms with E-state index < -0.39 is 0 Å². The molecule has 1 aromatic carbocycles. The molecule has 0 spiro atoms. The lowest BCUT2D eigenvalue weighted by molar-refractivity contribution is 0.193. The third-order valence-electron chi connectivity index (χ3n) is 4.95. The number of nitrogens with one attached hydrogen (secondary N) is 1. The van der Waals surface area contributed by atoms with Gasteiger partial charge in [0.2, 0.25) is 0 Å². The number of rotatable bonds is 1. The maximum Gasteiger partial charge on any atom is 0.110 e. The van der Waals surface area contributed by atoms with Gasteiger partial charge in [-0.2, -0.15) is 0 Å². The fourth-order valence-electron chi connectivity index (χ4n) is 3.46. The van der Waals surface area contributed by atoms with Crippen molar-refractivity contribution in [1.29, 1.82) is 0 Å². The van der Waals surface area contributed by atoms with Crippen molar-refractivity contribution in [3.05, 3.63) is 29.1 Å². The topological polar surface area (TPSA) is 28.7 Å². The monoisotopic (exact) mass is 256 g/mol. The first-order chi connectivity index (χ1) is 8.97.